The molecule has 0 amide bonds. The first-order valence-corrected chi connectivity index (χ1v) is 6.81. The van der Waals surface area contributed by atoms with E-state index in [2.05, 4.69) is 19.9 Å². The molecule has 1 heterocycles. The zero-order chi connectivity index (χ0) is 12.8. The van der Waals surface area contributed by atoms with Crippen LogP contribution in [0, 0.1) is 13.8 Å². The molecule has 0 spiro atoms. The second-order valence-corrected chi connectivity index (χ2v) is 5.56. The third-order valence-electron chi connectivity index (χ3n) is 4.43. The van der Waals surface area contributed by atoms with Gasteiger partial charge in [-0.15, -0.1) is 0 Å². The number of rotatable bonds is 1. The maximum atomic E-state index is 6.59. The van der Waals surface area contributed by atoms with E-state index in [1.54, 1.807) is 0 Å². The van der Waals surface area contributed by atoms with Crippen molar-refractivity contribution < 1.29 is 9.47 Å². The number of ether oxygens (including phenoxy) is 2. The summed E-state index contributed by atoms with van der Waals surface area (Å²) in [6, 6.07) is 2.11. The molecule has 0 aromatic heterocycles. The molecule has 1 saturated carbocycles. The lowest BCUT2D eigenvalue weighted by Gasteiger charge is -2.30. The van der Waals surface area contributed by atoms with Crippen molar-refractivity contribution in [3.05, 3.63) is 22.8 Å². The fourth-order valence-electron chi connectivity index (χ4n) is 3.24. The quantitative estimate of drug-likeness (QED) is 0.830. The Labute approximate surface area is 108 Å². The fraction of sp³-hybridized carbons (Fsp3) is 0.600. The molecule has 98 valence electrons. The van der Waals surface area contributed by atoms with Gasteiger partial charge in [0, 0.05) is 5.54 Å². The van der Waals surface area contributed by atoms with Crippen LogP contribution in [-0.2, 0) is 5.54 Å². The minimum absolute atomic E-state index is 0.162. The number of hydrogen-bond donors (Lipinski definition) is 1. The van der Waals surface area contributed by atoms with Crippen LogP contribution in [0.1, 0.15) is 42.4 Å². The molecule has 2 N–H and O–H groups in total. The number of nitrogens with two attached hydrogens (primary N) is 1. The summed E-state index contributed by atoms with van der Waals surface area (Å²) in [5.74, 6) is 1.78. The normalized spacial score (nSPS) is 21.1. The molecule has 1 aliphatic heterocycles. The summed E-state index contributed by atoms with van der Waals surface area (Å²) in [6.07, 6.45) is 4.60. The van der Waals surface area contributed by atoms with Crippen molar-refractivity contribution in [1.29, 1.82) is 0 Å². The Kier molecular flexibility index (Phi) is 2.74. The Morgan fingerprint density at radius 3 is 2.44 bits per heavy atom. The van der Waals surface area contributed by atoms with Crippen molar-refractivity contribution in [2.24, 2.45) is 5.73 Å². The molecule has 18 heavy (non-hydrogen) atoms. The lowest BCUT2D eigenvalue weighted by molar-refractivity contribution is 0.169. The van der Waals surface area contributed by atoms with Gasteiger partial charge >= 0.3 is 0 Å². The van der Waals surface area contributed by atoms with Crippen molar-refractivity contribution in [1.82, 2.24) is 0 Å². The molecule has 1 aromatic rings. The summed E-state index contributed by atoms with van der Waals surface area (Å²) >= 11 is 0. The summed E-state index contributed by atoms with van der Waals surface area (Å²) in [5, 5.41) is 0. The van der Waals surface area contributed by atoms with Gasteiger partial charge in [-0.3, -0.25) is 0 Å². The average molecular weight is 247 g/mol. The van der Waals surface area contributed by atoms with Gasteiger partial charge in [-0.25, -0.2) is 0 Å². The molecule has 0 saturated heterocycles. The molecule has 3 nitrogen and oxygen atoms in total. The van der Waals surface area contributed by atoms with E-state index in [1.165, 1.54) is 29.5 Å². The number of fused-ring (bicyclic) bond motifs is 1. The van der Waals surface area contributed by atoms with Gasteiger partial charge in [0.2, 0.25) is 0 Å². The summed E-state index contributed by atoms with van der Waals surface area (Å²) in [5.41, 5.74) is 10.1. The zero-order valence-electron chi connectivity index (χ0n) is 11.2. The van der Waals surface area contributed by atoms with Crippen molar-refractivity contribution >= 4 is 0 Å². The largest absolute Gasteiger partial charge is 0.486 e. The molecule has 0 radical (unpaired) electrons. The molecule has 3 rings (SSSR count). The average Bonchev–Trinajstić information content (AvgIpc) is 2.82. The summed E-state index contributed by atoms with van der Waals surface area (Å²) in [4.78, 5) is 0. The molecular weight excluding hydrogens is 226 g/mol. The lowest BCUT2D eigenvalue weighted by Crippen LogP contribution is -2.34. The highest BCUT2D eigenvalue weighted by Crippen LogP contribution is 2.44. The molecule has 2 aliphatic rings. The van der Waals surface area contributed by atoms with E-state index in [1.807, 2.05) is 0 Å². The minimum atomic E-state index is -0.162. The van der Waals surface area contributed by atoms with Crippen LogP contribution >= 0.6 is 0 Å². The highest BCUT2D eigenvalue weighted by molar-refractivity contribution is 5.56. The number of hydrogen-bond acceptors (Lipinski definition) is 3. The van der Waals surface area contributed by atoms with Crippen LogP contribution in [0.3, 0.4) is 0 Å². The highest BCUT2D eigenvalue weighted by Gasteiger charge is 2.34. The topological polar surface area (TPSA) is 44.5 Å². The first kappa shape index (κ1) is 11.8. The Hall–Kier alpha value is -1.22. The van der Waals surface area contributed by atoms with E-state index in [0.29, 0.717) is 13.2 Å². The molecule has 0 bridgehead atoms. The first-order chi connectivity index (χ1) is 8.62. The Balaban J connectivity index is 2.13. The van der Waals surface area contributed by atoms with Gasteiger partial charge in [0.1, 0.15) is 13.2 Å². The maximum Gasteiger partial charge on any atom is 0.164 e. The van der Waals surface area contributed by atoms with Crippen LogP contribution < -0.4 is 15.2 Å². The highest BCUT2D eigenvalue weighted by atomic mass is 16.6. The molecule has 1 aromatic carbocycles. The molecular formula is C15H21NO2. The lowest BCUT2D eigenvalue weighted by atomic mass is 9.84. The third-order valence-corrected chi connectivity index (χ3v) is 4.43. The van der Waals surface area contributed by atoms with Crippen LogP contribution in [0.15, 0.2) is 6.07 Å². The van der Waals surface area contributed by atoms with E-state index in [9.17, 15) is 0 Å². The van der Waals surface area contributed by atoms with Crippen molar-refractivity contribution in [3.8, 4) is 11.5 Å². The first-order valence-electron chi connectivity index (χ1n) is 6.81. The Bertz CT molecular complexity index is 476. The predicted octanol–water partition coefficient (Wildman–Crippen LogP) is 2.80. The van der Waals surface area contributed by atoms with Crippen molar-refractivity contribution in [2.75, 3.05) is 13.2 Å². The Morgan fingerprint density at radius 2 is 1.72 bits per heavy atom. The minimum Gasteiger partial charge on any atom is -0.486 e. The standard InChI is InChI=1S/C15H21NO2/c1-10-11(2)14-13(17-7-8-18-14)9-12(10)15(16)5-3-4-6-15/h9H,3-8,16H2,1-2H3. The van der Waals surface area contributed by atoms with E-state index < -0.39 is 0 Å². The smallest absolute Gasteiger partial charge is 0.164 e. The van der Waals surface area contributed by atoms with E-state index in [0.717, 1.165) is 24.3 Å². The predicted molar refractivity (Wildman–Crippen MR) is 71.2 cm³/mol. The van der Waals surface area contributed by atoms with Crippen LogP contribution in [0.5, 0.6) is 11.5 Å². The molecule has 3 heteroatoms. The summed E-state index contributed by atoms with van der Waals surface area (Å²) < 4.78 is 11.4. The third kappa shape index (κ3) is 1.69. The van der Waals surface area contributed by atoms with E-state index in [4.69, 9.17) is 15.2 Å². The maximum absolute atomic E-state index is 6.59. The summed E-state index contributed by atoms with van der Waals surface area (Å²) in [7, 11) is 0. The van der Waals surface area contributed by atoms with Gasteiger partial charge in [0.05, 0.1) is 0 Å². The molecule has 1 fully saturated rings. The van der Waals surface area contributed by atoms with Gasteiger partial charge in [-0.1, -0.05) is 12.8 Å². The monoisotopic (exact) mass is 247 g/mol. The zero-order valence-corrected chi connectivity index (χ0v) is 11.2. The van der Waals surface area contributed by atoms with Crippen LogP contribution in [0.25, 0.3) is 0 Å². The van der Waals surface area contributed by atoms with Gasteiger partial charge in [-0.2, -0.15) is 0 Å². The fourth-order valence-corrected chi connectivity index (χ4v) is 3.24. The van der Waals surface area contributed by atoms with Gasteiger partial charge in [0.15, 0.2) is 11.5 Å². The molecule has 0 atom stereocenters. The molecule has 1 aliphatic carbocycles. The van der Waals surface area contributed by atoms with Crippen LogP contribution in [0.2, 0.25) is 0 Å². The van der Waals surface area contributed by atoms with Crippen LogP contribution in [-0.4, -0.2) is 13.2 Å². The molecule has 0 unspecified atom stereocenters. The second-order valence-electron chi connectivity index (χ2n) is 5.56. The van der Waals surface area contributed by atoms with E-state index >= 15 is 0 Å². The Morgan fingerprint density at radius 1 is 1.06 bits per heavy atom. The van der Waals surface area contributed by atoms with Gasteiger partial charge in [-0.05, 0) is 49.4 Å². The SMILES string of the molecule is Cc1c(C2(N)CCCC2)cc2c(c1C)OCCO2. The van der Waals surface area contributed by atoms with Gasteiger partial charge < -0.3 is 15.2 Å². The van der Waals surface area contributed by atoms with Crippen molar-refractivity contribution in [2.45, 2.75) is 45.1 Å². The van der Waals surface area contributed by atoms with Crippen LogP contribution in [0.4, 0.5) is 0 Å². The van der Waals surface area contributed by atoms with Crippen molar-refractivity contribution in [3.63, 3.8) is 0 Å². The second kappa shape index (κ2) is 4.16. The van der Waals surface area contributed by atoms with E-state index in [-0.39, 0.29) is 5.54 Å². The van der Waals surface area contributed by atoms with Gasteiger partial charge in [0.25, 0.3) is 0 Å². The number of benzene rings is 1. The summed E-state index contributed by atoms with van der Waals surface area (Å²) in [6.45, 7) is 5.52.